The second kappa shape index (κ2) is 5.73. The van der Waals surface area contributed by atoms with Crippen molar-refractivity contribution in [1.82, 2.24) is 14.5 Å². The van der Waals surface area contributed by atoms with Crippen molar-refractivity contribution in [3.63, 3.8) is 0 Å². The molecule has 1 atom stereocenters. The summed E-state index contributed by atoms with van der Waals surface area (Å²) in [5.41, 5.74) is -0.457. The van der Waals surface area contributed by atoms with Crippen LogP contribution in [0.3, 0.4) is 0 Å². The molecule has 22 heavy (non-hydrogen) atoms. The van der Waals surface area contributed by atoms with Gasteiger partial charge in [-0.3, -0.25) is 4.90 Å². The van der Waals surface area contributed by atoms with Gasteiger partial charge in [0.2, 0.25) is 0 Å². The number of rotatable bonds is 3. The molecule has 3 rings (SSSR count). The fourth-order valence-corrected chi connectivity index (χ4v) is 2.65. The van der Waals surface area contributed by atoms with Crippen molar-refractivity contribution >= 4 is 0 Å². The maximum atomic E-state index is 12.7. The van der Waals surface area contributed by atoms with Crippen molar-refractivity contribution < 1.29 is 18.3 Å². The molecule has 1 N–H and O–H groups in total. The van der Waals surface area contributed by atoms with Crippen LogP contribution >= 0.6 is 0 Å². The van der Waals surface area contributed by atoms with Gasteiger partial charge in [0.1, 0.15) is 5.82 Å². The summed E-state index contributed by atoms with van der Waals surface area (Å²) in [4.78, 5) is 6.22. The number of halogens is 3. The Balaban J connectivity index is 1.69. The normalized spacial score (nSPS) is 17.3. The third kappa shape index (κ3) is 3.15. The van der Waals surface area contributed by atoms with Gasteiger partial charge < -0.3 is 9.67 Å². The van der Waals surface area contributed by atoms with Gasteiger partial charge in [-0.25, -0.2) is 4.98 Å². The lowest BCUT2D eigenvalue weighted by Gasteiger charge is -2.29. The number of hydrogen-bond acceptors (Lipinski definition) is 3. The minimum Gasteiger partial charge on any atom is -0.387 e. The summed E-state index contributed by atoms with van der Waals surface area (Å²) in [7, 11) is 0. The van der Waals surface area contributed by atoms with Crippen molar-refractivity contribution in [2.45, 2.75) is 25.4 Å². The second-order valence-corrected chi connectivity index (χ2v) is 5.41. The molecule has 0 spiro atoms. The van der Waals surface area contributed by atoms with Gasteiger partial charge in [0.25, 0.3) is 0 Å². The van der Waals surface area contributed by atoms with Crippen LogP contribution in [0.4, 0.5) is 13.2 Å². The average molecular weight is 311 g/mol. The first-order valence-electron chi connectivity index (χ1n) is 7.01. The summed E-state index contributed by atoms with van der Waals surface area (Å²) in [6, 6.07) is 4.86. The molecule has 7 heteroatoms. The van der Waals surface area contributed by atoms with E-state index >= 15 is 0 Å². The molecule has 0 aliphatic carbocycles. The minimum absolute atomic E-state index is 0.281. The smallest absolute Gasteiger partial charge is 0.387 e. The molecule has 1 aromatic carbocycles. The lowest BCUT2D eigenvalue weighted by atomic mass is 10.0. The molecule has 0 fully saturated rings. The highest BCUT2D eigenvalue weighted by molar-refractivity contribution is 5.27. The van der Waals surface area contributed by atoms with Gasteiger partial charge in [-0.05, 0) is 17.7 Å². The SMILES string of the molecule is O[C@@H](CN1CCn2ccnc2C1)c1cccc(C(F)(F)F)c1. The molecule has 1 aliphatic heterocycles. The van der Waals surface area contributed by atoms with E-state index in [4.69, 9.17) is 0 Å². The first-order chi connectivity index (χ1) is 10.4. The Morgan fingerprint density at radius 1 is 1.27 bits per heavy atom. The standard InChI is InChI=1S/C15H16F3N3O/c16-15(17,18)12-3-1-2-11(8-12)13(22)9-20-6-7-21-5-4-19-14(21)10-20/h1-5,8,13,22H,6-7,9-10H2/t13-/m0/s1. The Bertz CT molecular complexity index is 653. The number of alkyl halides is 3. The largest absolute Gasteiger partial charge is 0.416 e. The van der Waals surface area contributed by atoms with Gasteiger partial charge in [0.15, 0.2) is 0 Å². The topological polar surface area (TPSA) is 41.3 Å². The van der Waals surface area contributed by atoms with E-state index in [1.165, 1.54) is 12.1 Å². The van der Waals surface area contributed by atoms with E-state index in [1.807, 2.05) is 15.7 Å². The van der Waals surface area contributed by atoms with Crippen molar-refractivity contribution in [3.05, 3.63) is 53.6 Å². The zero-order valence-electron chi connectivity index (χ0n) is 11.8. The Hall–Kier alpha value is -1.86. The molecule has 1 aliphatic rings. The molecule has 2 heterocycles. The van der Waals surface area contributed by atoms with Crippen molar-refractivity contribution in [2.24, 2.45) is 0 Å². The Labute approximate surface area is 125 Å². The first kappa shape index (κ1) is 15.1. The Morgan fingerprint density at radius 2 is 2.09 bits per heavy atom. The van der Waals surface area contributed by atoms with Crippen LogP contribution in [0.1, 0.15) is 23.1 Å². The second-order valence-electron chi connectivity index (χ2n) is 5.41. The summed E-state index contributed by atoms with van der Waals surface area (Å²) < 4.78 is 40.2. The lowest BCUT2D eigenvalue weighted by Crippen LogP contribution is -2.36. The molecular formula is C15H16F3N3O. The predicted octanol–water partition coefficient (Wildman–Crippen LogP) is 2.45. The highest BCUT2D eigenvalue weighted by Crippen LogP contribution is 2.31. The summed E-state index contributed by atoms with van der Waals surface area (Å²) in [5, 5.41) is 10.2. The van der Waals surface area contributed by atoms with Crippen LogP contribution in [0.15, 0.2) is 36.7 Å². The maximum Gasteiger partial charge on any atom is 0.416 e. The fraction of sp³-hybridized carbons (Fsp3) is 0.400. The molecule has 0 bridgehead atoms. The summed E-state index contributed by atoms with van der Waals surface area (Å²) in [5.74, 6) is 0.905. The first-order valence-corrected chi connectivity index (χ1v) is 7.01. The van der Waals surface area contributed by atoms with Crippen LogP contribution in [0, 0.1) is 0 Å². The van der Waals surface area contributed by atoms with Crippen LogP contribution in [-0.4, -0.2) is 32.6 Å². The van der Waals surface area contributed by atoms with Gasteiger partial charge in [0.05, 0.1) is 18.2 Å². The van der Waals surface area contributed by atoms with E-state index in [1.54, 1.807) is 6.20 Å². The Morgan fingerprint density at radius 3 is 2.86 bits per heavy atom. The van der Waals surface area contributed by atoms with Gasteiger partial charge in [-0.15, -0.1) is 0 Å². The van der Waals surface area contributed by atoms with Crippen LogP contribution in [0.5, 0.6) is 0 Å². The molecule has 0 amide bonds. The van der Waals surface area contributed by atoms with Gasteiger partial charge in [0, 0.05) is 32.0 Å². The van der Waals surface area contributed by atoms with Crippen LogP contribution in [0.2, 0.25) is 0 Å². The van der Waals surface area contributed by atoms with Crippen LogP contribution in [-0.2, 0) is 19.3 Å². The number of aromatic nitrogens is 2. The van der Waals surface area contributed by atoms with Crippen molar-refractivity contribution in [1.29, 1.82) is 0 Å². The number of benzene rings is 1. The predicted molar refractivity (Wildman–Crippen MR) is 73.9 cm³/mol. The quantitative estimate of drug-likeness (QED) is 0.947. The zero-order chi connectivity index (χ0) is 15.7. The molecule has 0 saturated carbocycles. The third-order valence-electron chi connectivity index (χ3n) is 3.85. The van der Waals surface area contributed by atoms with E-state index in [-0.39, 0.29) is 12.1 Å². The van der Waals surface area contributed by atoms with Gasteiger partial charge in [-0.2, -0.15) is 13.2 Å². The number of aliphatic hydroxyl groups excluding tert-OH is 1. The molecule has 2 aromatic rings. The molecule has 1 aromatic heterocycles. The minimum atomic E-state index is -4.40. The average Bonchev–Trinajstić information content (AvgIpc) is 2.94. The number of imidazole rings is 1. The summed E-state index contributed by atoms with van der Waals surface area (Å²) in [6.45, 7) is 2.38. The fourth-order valence-electron chi connectivity index (χ4n) is 2.65. The lowest BCUT2D eigenvalue weighted by molar-refractivity contribution is -0.137. The Kier molecular flexibility index (Phi) is 3.92. The summed E-state index contributed by atoms with van der Waals surface area (Å²) >= 11 is 0. The number of hydrogen-bond donors (Lipinski definition) is 1. The maximum absolute atomic E-state index is 12.7. The molecule has 118 valence electrons. The number of β-amino-alcohol motifs (C(OH)–C–C–N with tert-alkyl or cyclic N) is 1. The highest BCUT2D eigenvalue weighted by atomic mass is 19.4. The summed E-state index contributed by atoms with van der Waals surface area (Å²) in [6.07, 6.45) is -1.73. The van der Waals surface area contributed by atoms with Crippen LogP contribution < -0.4 is 0 Å². The molecular weight excluding hydrogens is 295 g/mol. The monoisotopic (exact) mass is 311 g/mol. The van der Waals surface area contributed by atoms with Gasteiger partial charge in [-0.1, -0.05) is 12.1 Å². The van der Waals surface area contributed by atoms with E-state index in [9.17, 15) is 18.3 Å². The van der Waals surface area contributed by atoms with E-state index < -0.39 is 17.8 Å². The van der Waals surface area contributed by atoms with Crippen molar-refractivity contribution in [2.75, 3.05) is 13.1 Å². The van der Waals surface area contributed by atoms with Crippen LogP contribution in [0.25, 0.3) is 0 Å². The van der Waals surface area contributed by atoms with E-state index in [2.05, 4.69) is 4.98 Å². The van der Waals surface area contributed by atoms with E-state index in [0.717, 1.165) is 31.0 Å². The molecule has 4 nitrogen and oxygen atoms in total. The highest BCUT2D eigenvalue weighted by Gasteiger charge is 2.31. The van der Waals surface area contributed by atoms with Crippen molar-refractivity contribution in [3.8, 4) is 0 Å². The molecule has 0 unspecified atom stereocenters. The number of aliphatic hydroxyl groups is 1. The molecule has 0 saturated heterocycles. The number of fused-ring (bicyclic) bond motifs is 1. The van der Waals surface area contributed by atoms with E-state index in [0.29, 0.717) is 6.54 Å². The third-order valence-corrected chi connectivity index (χ3v) is 3.85. The molecule has 0 radical (unpaired) electrons. The van der Waals surface area contributed by atoms with Gasteiger partial charge >= 0.3 is 6.18 Å². The zero-order valence-corrected chi connectivity index (χ0v) is 11.8. The number of nitrogens with zero attached hydrogens (tertiary/aromatic N) is 3.